The van der Waals surface area contributed by atoms with Gasteiger partial charge in [-0.3, -0.25) is 0 Å². The average Bonchev–Trinajstić information content (AvgIpc) is 3.12. The fourth-order valence-corrected chi connectivity index (χ4v) is 3.05. The first kappa shape index (κ1) is 17.4. The molecule has 3 heterocycles. The molecule has 27 heavy (non-hydrogen) atoms. The summed E-state index contributed by atoms with van der Waals surface area (Å²) in [5, 5.41) is 4.44. The number of ether oxygens (including phenoxy) is 1. The maximum Gasteiger partial charge on any atom is 0.324 e. The first-order valence-corrected chi connectivity index (χ1v) is 8.56. The summed E-state index contributed by atoms with van der Waals surface area (Å²) in [6, 6.07) is 6.21. The van der Waals surface area contributed by atoms with E-state index in [0.717, 1.165) is 31.9 Å². The van der Waals surface area contributed by atoms with Crippen molar-refractivity contribution in [1.29, 1.82) is 0 Å². The van der Waals surface area contributed by atoms with E-state index in [2.05, 4.69) is 25.0 Å². The van der Waals surface area contributed by atoms with Crippen LogP contribution in [0.15, 0.2) is 29.0 Å². The number of hydrogen-bond donors (Lipinski definition) is 0. The van der Waals surface area contributed by atoms with Crippen molar-refractivity contribution in [2.75, 3.05) is 42.6 Å². The van der Waals surface area contributed by atoms with Crippen molar-refractivity contribution in [3.8, 4) is 5.88 Å². The molecule has 0 spiro atoms. The Balaban J connectivity index is 1.51. The lowest BCUT2D eigenvalue weighted by atomic mass is 10.2. The third-order valence-electron chi connectivity index (χ3n) is 4.36. The Labute approximate surface area is 153 Å². The summed E-state index contributed by atoms with van der Waals surface area (Å²) < 4.78 is 35.3. The number of alkyl halides is 2. The van der Waals surface area contributed by atoms with Gasteiger partial charge in [-0.25, -0.2) is 18.7 Å². The maximum absolute atomic E-state index is 12.5. The molecule has 10 heteroatoms. The van der Waals surface area contributed by atoms with E-state index in [1.807, 2.05) is 23.1 Å². The number of benzene rings is 1. The quantitative estimate of drug-likeness (QED) is 0.671. The highest BCUT2D eigenvalue weighted by Crippen LogP contribution is 2.28. The molecule has 2 aromatic heterocycles. The predicted octanol–water partition coefficient (Wildman–Crippen LogP) is 2.29. The van der Waals surface area contributed by atoms with Gasteiger partial charge >= 0.3 is 6.01 Å². The summed E-state index contributed by atoms with van der Waals surface area (Å²) in [7, 11) is 0. The number of nitrogens with zero attached hydrogens (tertiary/aromatic N) is 6. The molecule has 142 valence electrons. The lowest BCUT2D eigenvalue weighted by Crippen LogP contribution is -2.46. The van der Waals surface area contributed by atoms with E-state index >= 15 is 0 Å². The van der Waals surface area contributed by atoms with E-state index in [1.165, 1.54) is 6.33 Å². The minimum absolute atomic E-state index is 0.169. The summed E-state index contributed by atoms with van der Waals surface area (Å²) >= 11 is 0. The largest absolute Gasteiger partial charge is 0.471 e. The number of piperazine rings is 1. The molecular formula is C17H18F2N6O2. The summed E-state index contributed by atoms with van der Waals surface area (Å²) in [5.74, 6) is 0.778. The van der Waals surface area contributed by atoms with Gasteiger partial charge in [0.1, 0.15) is 6.33 Å². The van der Waals surface area contributed by atoms with Gasteiger partial charge in [0.05, 0.1) is 10.9 Å². The van der Waals surface area contributed by atoms with Crippen LogP contribution in [-0.2, 0) is 0 Å². The van der Waals surface area contributed by atoms with Gasteiger partial charge in [-0.15, -0.1) is 0 Å². The number of hydrogen-bond acceptors (Lipinski definition) is 8. The SMILES string of the molecule is Cc1noc(N2CCN(c3ccc4ncnc(OCC(F)F)c4c3)CC2)n1. The van der Waals surface area contributed by atoms with Crippen LogP contribution in [0.2, 0.25) is 0 Å². The molecule has 1 aliphatic rings. The normalized spacial score (nSPS) is 15.0. The standard InChI is InChI=1S/C17H18F2N6O2/c1-11-22-17(27-23-11)25-6-4-24(5-7-25)12-2-3-14-13(8-12)16(21-10-20-14)26-9-15(18)19/h2-3,8,10,15H,4-7,9H2,1H3. The van der Waals surface area contributed by atoms with Crippen LogP contribution >= 0.6 is 0 Å². The molecule has 0 N–H and O–H groups in total. The van der Waals surface area contributed by atoms with Crippen LogP contribution in [0.3, 0.4) is 0 Å². The first-order chi connectivity index (χ1) is 13.1. The number of rotatable bonds is 5. The molecule has 0 aliphatic carbocycles. The van der Waals surface area contributed by atoms with E-state index in [4.69, 9.17) is 9.26 Å². The number of halogens is 2. The molecule has 1 fully saturated rings. The monoisotopic (exact) mass is 376 g/mol. The summed E-state index contributed by atoms with van der Waals surface area (Å²) in [5.41, 5.74) is 1.61. The Kier molecular flexibility index (Phi) is 4.69. The molecule has 4 rings (SSSR count). The van der Waals surface area contributed by atoms with Gasteiger partial charge in [-0.2, -0.15) is 4.98 Å². The lowest BCUT2D eigenvalue weighted by Gasteiger charge is -2.35. The van der Waals surface area contributed by atoms with Crippen molar-refractivity contribution in [3.05, 3.63) is 30.4 Å². The Bertz CT molecular complexity index is 927. The molecular weight excluding hydrogens is 358 g/mol. The first-order valence-electron chi connectivity index (χ1n) is 8.56. The van der Waals surface area contributed by atoms with Crippen LogP contribution in [0.5, 0.6) is 5.88 Å². The van der Waals surface area contributed by atoms with Crippen LogP contribution in [0.4, 0.5) is 20.5 Å². The van der Waals surface area contributed by atoms with Crippen molar-refractivity contribution in [2.45, 2.75) is 13.3 Å². The van der Waals surface area contributed by atoms with Gasteiger partial charge in [-0.1, -0.05) is 5.16 Å². The minimum atomic E-state index is -2.56. The molecule has 1 aliphatic heterocycles. The molecule has 0 radical (unpaired) electrons. The van der Waals surface area contributed by atoms with Crippen LogP contribution in [0.25, 0.3) is 10.9 Å². The molecule has 0 atom stereocenters. The fraction of sp³-hybridized carbons (Fsp3) is 0.412. The molecule has 0 bridgehead atoms. The van der Waals surface area contributed by atoms with Crippen LogP contribution in [0, 0.1) is 6.92 Å². The molecule has 0 saturated carbocycles. The Morgan fingerprint density at radius 3 is 2.63 bits per heavy atom. The third-order valence-corrected chi connectivity index (χ3v) is 4.36. The van der Waals surface area contributed by atoms with Gasteiger partial charge in [0.15, 0.2) is 12.4 Å². The van der Waals surface area contributed by atoms with Crippen LogP contribution < -0.4 is 14.5 Å². The lowest BCUT2D eigenvalue weighted by molar-refractivity contribution is 0.0804. The number of aryl methyl sites for hydroxylation is 1. The van der Waals surface area contributed by atoms with E-state index < -0.39 is 13.0 Å². The van der Waals surface area contributed by atoms with Crippen molar-refractivity contribution < 1.29 is 18.0 Å². The maximum atomic E-state index is 12.5. The second kappa shape index (κ2) is 7.29. The molecule has 8 nitrogen and oxygen atoms in total. The minimum Gasteiger partial charge on any atom is -0.471 e. The van der Waals surface area contributed by atoms with Crippen molar-refractivity contribution in [2.24, 2.45) is 0 Å². The summed E-state index contributed by atoms with van der Waals surface area (Å²) in [6.07, 6.45) is -1.24. The van der Waals surface area contributed by atoms with Crippen molar-refractivity contribution >= 4 is 22.6 Å². The zero-order valence-electron chi connectivity index (χ0n) is 14.7. The molecule has 1 aromatic carbocycles. The van der Waals surface area contributed by atoms with Crippen LogP contribution in [-0.4, -0.2) is 59.3 Å². The molecule has 0 amide bonds. The molecule has 0 unspecified atom stereocenters. The number of anilines is 2. The molecule has 1 saturated heterocycles. The second-order valence-corrected chi connectivity index (χ2v) is 6.18. The highest BCUT2D eigenvalue weighted by atomic mass is 19.3. The molecule has 3 aromatic rings. The van der Waals surface area contributed by atoms with Gasteiger partial charge < -0.3 is 19.1 Å². The van der Waals surface area contributed by atoms with Crippen molar-refractivity contribution in [1.82, 2.24) is 20.1 Å². The van der Waals surface area contributed by atoms with E-state index in [1.54, 1.807) is 6.92 Å². The van der Waals surface area contributed by atoms with Crippen LogP contribution in [0.1, 0.15) is 5.82 Å². The third kappa shape index (κ3) is 3.74. The van der Waals surface area contributed by atoms with Gasteiger partial charge in [-0.05, 0) is 25.1 Å². The second-order valence-electron chi connectivity index (χ2n) is 6.18. The smallest absolute Gasteiger partial charge is 0.324 e. The van der Waals surface area contributed by atoms with E-state index in [-0.39, 0.29) is 5.88 Å². The summed E-state index contributed by atoms with van der Waals surface area (Å²) in [4.78, 5) is 16.7. The Morgan fingerprint density at radius 2 is 1.93 bits per heavy atom. The Morgan fingerprint density at radius 1 is 1.15 bits per heavy atom. The average molecular weight is 376 g/mol. The Hall–Kier alpha value is -3.04. The summed E-state index contributed by atoms with van der Waals surface area (Å²) in [6.45, 7) is 4.08. The zero-order chi connectivity index (χ0) is 18.8. The van der Waals surface area contributed by atoms with Crippen molar-refractivity contribution in [3.63, 3.8) is 0 Å². The van der Waals surface area contributed by atoms with Gasteiger partial charge in [0.25, 0.3) is 6.43 Å². The van der Waals surface area contributed by atoms with Gasteiger partial charge in [0, 0.05) is 31.9 Å². The van der Waals surface area contributed by atoms with E-state index in [0.29, 0.717) is 22.7 Å². The van der Waals surface area contributed by atoms with E-state index in [9.17, 15) is 8.78 Å². The topological polar surface area (TPSA) is 80.4 Å². The predicted molar refractivity (Wildman–Crippen MR) is 94.5 cm³/mol. The highest BCUT2D eigenvalue weighted by Gasteiger charge is 2.22. The zero-order valence-corrected chi connectivity index (χ0v) is 14.7. The fourth-order valence-electron chi connectivity index (χ4n) is 3.05. The number of aromatic nitrogens is 4. The number of fused-ring (bicyclic) bond motifs is 1. The highest BCUT2D eigenvalue weighted by molar-refractivity contribution is 5.86. The van der Waals surface area contributed by atoms with Gasteiger partial charge in [0.2, 0.25) is 5.88 Å².